The number of rotatable bonds is 5. The molecular formula is C17H26N2O4S. The van der Waals surface area contributed by atoms with E-state index in [-0.39, 0.29) is 4.90 Å². The Morgan fingerprint density at radius 1 is 1.00 bits per heavy atom. The summed E-state index contributed by atoms with van der Waals surface area (Å²) >= 11 is 0. The smallest absolute Gasteiger partial charge is 0.246 e. The van der Waals surface area contributed by atoms with E-state index in [0.717, 1.165) is 25.9 Å². The fraction of sp³-hybridized carbons (Fsp3) is 0.647. The summed E-state index contributed by atoms with van der Waals surface area (Å²) in [5, 5.41) is 0. The maximum Gasteiger partial charge on any atom is 0.246 e. The van der Waals surface area contributed by atoms with E-state index in [2.05, 4.69) is 4.90 Å². The molecule has 0 N–H and O–H groups in total. The number of hydrogen-bond donors (Lipinski definition) is 0. The van der Waals surface area contributed by atoms with Crippen LogP contribution in [-0.4, -0.2) is 64.1 Å². The summed E-state index contributed by atoms with van der Waals surface area (Å²) in [5.41, 5.74) is 0. The van der Waals surface area contributed by atoms with Gasteiger partial charge < -0.3 is 14.4 Å². The van der Waals surface area contributed by atoms with Crippen LogP contribution >= 0.6 is 0 Å². The van der Waals surface area contributed by atoms with Gasteiger partial charge in [-0.05, 0) is 50.9 Å². The predicted octanol–water partition coefficient (Wildman–Crippen LogP) is 1.95. The molecule has 0 bridgehead atoms. The largest absolute Gasteiger partial charge is 0.497 e. The van der Waals surface area contributed by atoms with Crippen LogP contribution in [-0.2, 0) is 10.0 Å². The summed E-state index contributed by atoms with van der Waals surface area (Å²) in [4.78, 5) is 2.69. The molecule has 0 aromatic heterocycles. The van der Waals surface area contributed by atoms with Crippen molar-refractivity contribution in [1.29, 1.82) is 0 Å². The van der Waals surface area contributed by atoms with Crippen LogP contribution in [0.4, 0.5) is 0 Å². The summed E-state index contributed by atoms with van der Waals surface area (Å²) < 4.78 is 38.1. The summed E-state index contributed by atoms with van der Waals surface area (Å²) in [7, 11) is -0.560. The van der Waals surface area contributed by atoms with Gasteiger partial charge in [0.05, 0.1) is 14.2 Å². The fourth-order valence-corrected chi connectivity index (χ4v) is 5.32. The zero-order chi connectivity index (χ0) is 17.2. The predicted molar refractivity (Wildman–Crippen MR) is 92.1 cm³/mol. The lowest BCUT2D eigenvalue weighted by molar-refractivity contribution is 0.167. The van der Waals surface area contributed by atoms with E-state index in [1.165, 1.54) is 27.1 Å². The van der Waals surface area contributed by atoms with Crippen LogP contribution in [0.15, 0.2) is 23.1 Å². The Hall–Kier alpha value is -1.31. The van der Waals surface area contributed by atoms with Crippen LogP contribution in [0.1, 0.15) is 25.7 Å². The van der Waals surface area contributed by atoms with Gasteiger partial charge in [0.1, 0.15) is 16.4 Å². The molecule has 2 aliphatic rings. The molecule has 2 aliphatic heterocycles. The number of methoxy groups -OCH3 is 2. The summed E-state index contributed by atoms with van der Waals surface area (Å²) in [6.45, 7) is 3.43. The van der Waals surface area contributed by atoms with Crippen molar-refractivity contribution in [2.24, 2.45) is 0 Å². The van der Waals surface area contributed by atoms with Gasteiger partial charge in [-0.3, -0.25) is 0 Å². The summed E-state index contributed by atoms with van der Waals surface area (Å²) in [5.74, 6) is 0.874. The molecule has 24 heavy (non-hydrogen) atoms. The molecule has 0 spiro atoms. The van der Waals surface area contributed by atoms with Crippen molar-refractivity contribution < 1.29 is 17.9 Å². The molecule has 7 heteroatoms. The third-order valence-electron chi connectivity index (χ3n) is 5.07. The van der Waals surface area contributed by atoms with E-state index >= 15 is 0 Å². The normalized spacial score (nSPS) is 21.1. The van der Waals surface area contributed by atoms with E-state index in [9.17, 15) is 8.42 Å². The van der Waals surface area contributed by atoms with E-state index in [1.807, 2.05) is 0 Å². The second-order valence-corrected chi connectivity index (χ2v) is 8.30. The van der Waals surface area contributed by atoms with Crippen molar-refractivity contribution >= 4 is 10.0 Å². The average molecular weight is 354 g/mol. The molecule has 2 saturated heterocycles. The van der Waals surface area contributed by atoms with Crippen LogP contribution < -0.4 is 9.47 Å². The molecule has 0 saturated carbocycles. The van der Waals surface area contributed by atoms with E-state index < -0.39 is 10.0 Å². The Morgan fingerprint density at radius 2 is 1.67 bits per heavy atom. The molecule has 0 amide bonds. The van der Waals surface area contributed by atoms with Crippen molar-refractivity contribution in [1.82, 2.24) is 9.21 Å². The highest BCUT2D eigenvalue weighted by Crippen LogP contribution is 2.32. The molecule has 0 atom stereocenters. The lowest BCUT2D eigenvalue weighted by Gasteiger charge is -2.36. The van der Waals surface area contributed by atoms with Gasteiger partial charge in [0.15, 0.2) is 0 Å². The first-order valence-electron chi connectivity index (χ1n) is 8.52. The second kappa shape index (κ2) is 7.29. The number of piperidine rings is 1. The number of nitrogens with zero attached hydrogens (tertiary/aromatic N) is 2. The van der Waals surface area contributed by atoms with Gasteiger partial charge in [-0.1, -0.05) is 0 Å². The van der Waals surface area contributed by atoms with Gasteiger partial charge in [-0.15, -0.1) is 0 Å². The Labute approximate surface area is 144 Å². The lowest BCUT2D eigenvalue weighted by Crippen LogP contribution is -2.45. The van der Waals surface area contributed by atoms with Crippen LogP contribution in [0.2, 0.25) is 0 Å². The number of sulfonamides is 1. The van der Waals surface area contributed by atoms with Crippen LogP contribution in [0.5, 0.6) is 11.5 Å². The summed E-state index contributed by atoms with van der Waals surface area (Å²) in [6, 6.07) is 5.41. The highest BCUT2D eigenvalue weighted by atomic mass is 32.2. The van der Waals surface area contributed by atoms with Crippen LogP contribution in [0.3, 0.4) is 0 Å². The monoisotopic (exact) mass is 354 g/mol. The van der Waals surface area contributed by atoms with Gasteiger partial charge in [-0.2, -0.15) is 4.31 Å². The average Bonchev–Trinajstić information content (AvgIpc) is 3.16. The number of likely N-dealkylation sites (tertiary alicyclic amines) is 1. The van der Waals surface area contributed by atoms with E-state index in [1.54, 1.807) is 22.5 Å². The highest BCUT2D eigenvalue weighted by molar-refractivity contribution is 7.89. The van der Waals surface area contributed by atoms with Crippen molar-refractivity contribution in [3.8, 4) is 11.5 Å². The Morgan fingerprint density at radius 3 is 2.25 bits per heavy atom. The van der Waals surface area contributed by atoms with Gasteiger partial charge in [0.2, 0.25) is 10.0 Å². The summed E-state index contributed by atoms with van der Waals surface area (Å²) in [6.07, 6.45) is 4.32. The molecule has 2 fully saturated rings. The first-order chi connectivity index (χ1) is 11.6. The maximum atomic E-state index is 13.0. The highest BCUT2D eigenvalue weighted by Gasteiger charge is 2.34. The first-order valence-corrected chi connectivity index (χ1v) is 9.96. The Balaban J connectivity index is 1.76. The van der Waals surface area contributed by atoms with E-state index in [0.29, 0.717) is 30.6 Å². The second-order valence-electron chi connectivity index (χ2n) is 6.40. The molecule has 0 unspecified atom stereocenters. The minimum absolute atomic E-state index is 0.184. The maximum absolute atomic E-state index is 13.0. The van der Waals surface area contributed by atoms with Crippen LogP contribution in [0, 0.1) is 0 Å². The van der Waals surface area contributed by atoms with Gasteiger partial charge in [-0.25, -0.2) is 8.42 Å². The van der Waals surface area contributed by atoms with E-state index in [4.69, 9.17) is 9.47 Å². The molecule has 0 aliphatic carbocycles. The Bertz CT molecular complexity index is 663. The molecule has 0 radical (unpaired) electrons. The SMILES string of the molecule is COc1ccc(OC)c(S(=O)(=O)N2CCC(N3CCCC3)CC2)c1. The molecule has 1 aromatic rings. The molecule has 134 valence electrons. The molecule has 1 aromatic carbocycles. The van der Waals surface area contributed by atoms with Gasteiger partial charge in [0, 0.05) is 25.2 Å². The van der Waals surface area contributed by atoms with Gasteiger partial charge >= 0.3 is 0 Å². The molecule has 2 heterocycles. The number of benzene rings is 1. The van der Waals surface area contributed by atoms with Gasteiger partial charge in [0.25, 0.3) is 0 Å². The topological polar surface area (TPSA) is 59.1 Å². The zero-order valence-electron chi connectivity index (χ0n) is 14.4. The minimum atomic E-state index is -3.57. The fourth-order valence-electron chi connectivity index (χ4n) is 3.68. The quantitative estimate of drug-likeness (QED) is 0.809. The van der Waals surface area contributed by atoms with Crippen molar-refractivity contribution in [3.63, 3.8) is 0 Å². The third-order valence-corrected chi connectivity index (χ3v) is 6.99. The molecular weight excluding hydrogens is 328 g/mol. The Kier molecular flexibility index (Phi) is 5.32. The third kappa shape index (κ3) is 3.38. The molecule has 3 rings (SSSR count). The number of hydrogen-bond acceptors (Lipinski definition) is 5. The van der Waals surface area contributed by atoms with Crippen molar-refractivity contribution in [2.75, 3.05) is 40.4 Å². The first kappa shape index (κ1) is 17.5. The standard InChI is InChI=1S/C17H26N2O4S/c1-22-15-5-6-16(23-2)17(13-15)24(20,21)19-11-7-14(8-12-19)18-9-3-4-10-18/h5-6,13-14H,3-4,7-12H2,1-2H3. The number of ether oxygens (including phenoxy) is 2. The lowest BCUT2D eigenvalue weighted by atomic mass is 10.1. The molecule has 6 nitrogen and oxygen atoms in total. The minimum Gasteiger partial charge on any atom is -0.497 e. The zero-order valence-corrected chi connectivity index (χ0v) is 15.2. The van der Waals surface area contributed by atoms with Crippen LogP contribution in [0.25, 0.3) is 0 Å². The van der Waals surface area contributed by atoms with Crippen molar-refractivity contribution in [2.45, 2.75) is 36.6 Å². The van der Waals surface area contributed by atoms with Crippen molar-refractivity contribution in [3.05, 3.63) is 18.2 Å².